The van der Waals surface area contributed by atoms with Crippen molar-refractivity contribution in [2.24, 2.45) is 11.8 Å². The lowest BCUT2D eigenvalue weighted by Gasteiger charge is -2.06. The highest BCUT2D eigenvalue weighted by Crippen LogP contribution is 2.38. The monoisotopic (exact) mass is 405 g/mol. The lowest BCUT2D eigenvalue weighted by molar-refractivity contribution is -0.117. The Morgan fingerprint density at radius 2 is 1.79 bits per heavy atom. The maximum Gasteiger partial charge on any atom is 0.257 e. The molecule has 0 radical (unpaired) electrons. The SMILES string of the molecule is Cc1ccc(-c2csc(NC(=O)c3ccc(NC(=O)C4CC4C)cc3)n2)c(C)c1. The van der Waals surface area contributed by atoms with Gasteiger partial charge in [-0.05, 0) is 56.0 Å². The summed E-state index contributed by atoms with van der Waals surface area (Å²) in [7, 11) is 0. The van der Waals surface area contributed by atoms with Gasteiger partial charge in [0.25, 0.3) is 5.91 Å². The molecule has 148 valence electrons. The van der Waals surface area contributed by atoms with E-state index < -0.39 is 0 Å². The molecule has 1 fully saturated rings. The quantitative estimate of drug-likeness (QED) is 0.607. The van der Waals surface area contributed by atoms with Crippen molar-refractivity contribution >= 4 is 34.0 Å². The number of rotatable bonds is 5. The van der Waals surface area contributed by atoms with E-state index in [2.05, 4.69) is 54.6 Å². The third-order valence-corrected chi connectivity index (χ3v) is 6.00. The van der Waals surface area contributed by atoms with Gasteiger partial charge < -0.3 is 5.32 Å². The molecule has 2 unspecified atom stereocenters. The van der Waals surface area contributed by atoms with Crippen LogP contribution >= 0.6 is 11.3 Å². The van der Waals surface area contributed by atoms with Gasteiger partial charge in [0.1, 0.15) is 0 Å². The number of carbonyl (C=O) groups is 2. The highest BCUT2D eigenvalue weighted by molar-refractivity contribution is 7.14. The van der Waals surface area contributed by atoms with Crippen LogP contribution in [0.1, 0.15) is 34.8 Å². The second kappa shape index (κ2) is 7.79. The molecule has 2 amide bonds. The van der Waals surface area contributed by atoms with Gasteiger partial charge in [-0.25, -0.2) is 4.98 Å². The number of hydrogen-bond acceptors (Lipinski definition) is 4. The largest absolute Gasteiger partial charge is 0.326 e. The summed E-state index contributed by atoms with van der Waals surface area (Å²) in [5.41, 5.74) is 5.52. The Bertz CT molecular complexity index is 1070. The molecular weight excluding hydrogens is 382 g/mol. The zero-order valence-electron chi connectivity index (χ0n) is 16.7. The Morgan fingerprint density at radius 1 is 1.07 bits per heavy atom. The van der Waals surface area contributed by atoms with E-state index in [1.165, 1.54) is 16.9 Å². The summed E-state index contributed by atoms with van der Waals surface area (Å²) in [6.45, 7) is 6.19. The van der Waals surface area contributed by atoms with E-state index in [-0.39, 0.29) is 17.7 Å². The average molecular weight is 406 g/mol. The first-order valence-electron chi connectivity index (χ1n) is 9.66. The van der Waals surface area contributed by atoms with E-state index >= 15 is 0 Å². The molecule has 29 heavy (non-hydrogen) atoms. The Balaban J connectivity index is 1.40. The van der Waals surface area contributed by atoms with Gasteiger partial charge in [0.15, 0.2) is 5.13 Å². The standard InChI is InChI=1S/C23H23N3O2S/c1-13-4-9-18(14(2)10-13)20-12-29-23(25-20)26-21(27)16-5-7-17(8-6-16)24-22(28)19-11-15(19)3/h4-10,12,15,19H,11H2,1-3H3,(H,24,28)(H,25,26,27). The summed E-state index contributed by atoms with van der Waals surface area (Å²) >= 11 is 1.40. The Kier molecular flexibility index (Phi) is 5.20. The van der Waals surface area contributed by atoms with E-state index in [0.717, 1.165) is 23.2 Å². The van der Waals surface area contributed by atoms with E-state index in [4.69, 9.17) is 0 Å². The molecule has 1 aliphatic rings. The van der Waals surface area contributed by atoms with Crippen LogP contribution in [0, 0.1) is 25.7 Å². The molecule has 3 aromatic rings. The average Bonchev–Trinajstić information content (AvgIpc) is 3.25. The molecule has 0 bridgehead atoms. The molecule has 2 N–H and O–H groups in total. The minimum Gasteiger partial charge on any atom is -0.326 e. The number of carbonyl (C=O) groups excluding carboxylic acids is 2. The van der Waals surface area contributed by atoms with Crippen molar-refractivity contribution in [2.75, 3.05) is 10.6 Å². The first kappa shape index (κ1) is 19.3. The van der Waals surface area contributed by atoms with Gasteiger partial charge in [-0.3, -0.25) is 14.9 Å². The minimum atomic E-state index is -0.222. The van der Waals surface area contributed by atoms with E-state index in [1.807, 2.05) is 5.38 Å². The number of amides is 2. The number of thiazole rings is 1. The summed E-state index contributed by atoms with van der Waals surface area (Å²) in [6, 6.07) is 13.2. The third kappa shape index (κ3) is 4.38. The number of nitrogens with one attached hydrogen (secondary N) is 2. The zero-order valence-corrected chi connectivity index (χ0v) is 17.5. The fraction of sp³-hybridized carbons (Fsp3) is 0.261. The van der Waals surface area contributed by atoms with E-state index in [9.17, 15) is 9.59 Å². The van der Waals surface area contributed by atoms with Crippen molar-refractivity contribution in [1.29, 1.82) is 0 Å². The van der Waals surface area contributed by atoms with Crippen LogP contribution < -0.4 is 10.6 Å². The fourth-order valence-electron chi connectivity index (χ4n) is 3.35. The molecule has 0 spiro atoms. The number of aryl methyl sites for hydroxylation is 2. The van der Waals surface area contributed by atoms with Crippen molar-refractivity contribution in [3.8, 4) is 11.3 Å². The first-order valence-corrected chi connectivity index (χ1v) is 10.5. The Labute approximate surface area is 174 Å². The molecule has 4 rings (SSSR count). The lowest BCUT2D eigenvalue weighted by atomic mass is 10.0. The Morgan fingerprint density at radius 3 is 2.45 bits per heavy atom. The molecule has 0 saturated heterocycles. The molecule has 1 heterocycles. The van der Waals surface area contributed by atoms with Crippen LogP contribution in [0.3, 0.4) is 0 Å². The molecule has 0 aliphatic heterocycles. The topological polar surface area (TPSA) is 71.1 Å². The van der Waals surface area contributed by atoms with Gasteiger partial charge in [0, 0.05) is 28.1 Å². The van der Waals surface area contributed by atoms with Crippen LogP contribution in [0.2, 0.25) is 0 Å². The minimum absolute atomic E-state index is 0.0522. The van der Waals surface area contributed by atoms with E-state index in [1.54, 1.807) is 24.3 Å². The summed E-state index contributed by atoms with van der Waals surface area (Å²) in [5.74, 6) is 0.415. The lowest BCUT2D eigenvalue weighted by Crippen LogP contribution is -2.15. The molecule has 6 heteroatoms. The van der Waals surface area contributed by atoms with Gasteiger partial charge in [-0.1, -0.05) is 30.7 Å². The molecule has 2 aromatic carbocycles. The van der Waals surface area contributed by atoms with Gasteiger partial charge in [-0.2, -0.15) is 0 Å². The molecule has 1 aliphatic carbocycles. The van der Waals surface area contributed by atoms with Gasteiger partial charge in [0.05, 0.1) is 5.69 Å². The highest BCUT2D eigenvalue weighted by atomic mass is 32.1. The highest BCUT2D eigenvalue weighted by Gasteiger charge is 2.39. The van der Waals surface area contributed by atoms with Crippen molar-refractivity contribution in [3.05, 3.63) is 64.5 Å². The van der Waals surface area contributed by atoms with Crippen molar-refractivity contribution in [3.63, 3.8) is 0 Å². The van der Waals surface area contributed by atoms with Crippen LogP contribution in [0.5, 0.6) is 0 Å². The number of hydrogen-bond donors (Lipinski definition) is 2. The molecule has 2 atom stereocenters. The second-order valence-electron chi connectivity index (χ2n) is 7.70. The van der Waals surface area contributed by atoms with Gasteiger partial charge in [-0.15, -0.1) is 11.3 Å². The van der Waals surface area contributed by atoms with E-state index in [0.29, 0.717) is 22.3 Å². The molecule has 1 saturated carbocycles. The number of nitrogens with zero attached hydrogens (tertiary/aromatic N) is 1. The van der Waals surface area contributed by atoms with Crippen LogP contribution in [0.25, 0.3) is 11.3 Å². The second-order valence-corrected chi connectivity index (χ2v) is 8.55. The van der Waals surface area contributed by atoms with Crippen molar-refractivity contribution < 1.29 is 9.59 Å². The number of benzene rings is 2. The maximum absolute atomic E-state index is 12.5. The van der Waals surface area contributed by atoms with Crippen molar-refractivity contribution in [2.45, 2.75) is 27.2 Å². The zero-order chi connectivity index (χ0) is 20.5. The first-order chi connectivity index (χ1) is 13.9. The van der Waals surface area contributed by atoms with Crippen LogP contribution in [0.4, 0.5) is 10.8 Å². The molecular formula is C23H23N3O2S. The summed E-state index contributed by atoms with van der Waals surface area (Å²) in [4.78, 5) is 29.1. The number of anilines is 2. The van der Waals surface area contributed by atoms with Crippen LogP contribution in [0.15, 0.2) is 47.8 Å². The Hall–Kier alpha value is -2.99. The fourth-order valence-corrected chi connectivity index (χ4v) is 4.06. The molecule has 1 aromatic heterocycles. The summed E-state index contributed by atoms with van der Waals surface area (Å²) in [6.07, 6.45) is 0.949. The molecule has 5 nitrogen and oxygen atoms in total. The van der Waals surface area contributed by atoms with Gasteiger partial charge >= 0.3 is 0 Å². The number of aromatic nitrogens is 1. The maximum atomic E-state index is 12.5. The van der Waals surface area contributed by atoms with Crippen LogP contribution in [-0.2, 0) is 4.79 Å². The van der Waals surface area contributed by atoms with Crippen molar-refractivity contribution in [1.82, 2.24) is 4.98 Å². The predicted molar refractivity (Wildman–Crippen MR) is 117 cm³/mol. The third-order valence-electron chi connectivity index (χ3n) is 5.24. The van der Waals surface area contributed by atoms with Gasteiger partial charge in [0.2, 0.25) is 5.91 Å². The predicted octanol–water partition coefficient (Wildman–Crippen LogP) is 5.27. The normalized spacial score (nSPS) is 17.6. The smallest absolute Gasteiger partial charge is 0.257 e. The summed E-state index contributed by atoms with van der Waals surface area (Å²) < 4.78 is 0. The van der Waals surface area contributed by atoms with Crippen LogP contribution in [-0.4, -0.2) is 16.8 Å². The summed E-state index contributed by atoms with van der Waals surface area (Å²) in [5, 5.41) is 8.26.